The van der Waals surface area contributed by atoms with Gasteiger partial charge in [0.15, 0.2) is 0 Å². The van der Waals surface area contributed by atoms with Crippen LogP contribution in [-0.4, -0.2) is 97.6 Å². The number of carbonyl (C=O) groups is 3. The molecule has 0 saturated carbocycles. The summed E-state index contributed by atoms with van der Waals surface area (Å²) in [5, 5.41) is 19.8. The van der Waals surface area contributed by atoms with Crippen molar-refractivity contribution >= 4 is 17.7 Å². The summed E-state index contributed by atoms with van der Waals surface area (Å²) in [6.45, 7) is 1.89. The summed E-state index contributed by atoms with van der Waals surface area (Å²) in [6, 6.07) is 1.72. The van der Waals surface area contributed by atoms with E-state index >= 15 is 0 Å². The first kappa shape index (κ1) is 25.0. The molecule has 0 aromatic heterocycles. The Labute approximate surface area is 191 Å². The monoisotopic (exact) mass is 467 g/mol. The van der Waals surface area contributed by atoms with Gasteiger partial charge in [-0.3, -0.25) is 19.3 Å². The second kappa shape index (κ2) is 11.0. The Morgan fingerprint density at radius 1 is 1.27 bits per heavy atom. The van der Waals surface area contributed by atoms with Gasteiger partial charge in [0.25, 0.3) is 0 Å². The molecule has 2 heterocycles. The van der Waals surface area contributed by atoms with Crippen molar-refractivity contribution in [3.63, 3.8) is 0 Å². The van der Waals surface area contributed by atoms with Crippen LogP contribution >= 0.6 is 0 Å². The van der Waals surface area contributed by atoms with Gasteiger partial charge in [0, 0.05) is 58.8 Å². The fourth-order valence-electron chi connectivity index (χ4n) is 4.16. The first-order valence-electron chi connectivity index (χ1n) is 11.0. The first-order valence-corrected chi connectivity index (χ1v) is 11.0. The van der Waals surface area contributed by atoms with E-state index in [0.29, 0.717) is 19.6 Å². The third-order valence-electron chi connectivity index (χ3n) is 6.03. The molecule has 182 valence electrons. The van der Waals surface area contributed by atoms with Crippen LogP contribution in [0.25, 0.3) is 0 Å². The standard InChI is InChI=1S/C22H31F2N5O4/c1-28(2)20(31)12-29-4-3-25-18(11-29)21(32)17(7-13-5-15(23)9-16(24)6-13)27-22(33)14-8-19(30)26-10-14/h5-6,9,14,17-18,21,25,32H,3-4,7-8,10-12H2,1-2H3,(H,26,30)(H,27,33)/t14?,17-,18+,21-/m0/s1. The van der Waals surface area contributed by atoms with Crippen LogP contribution in [-0.2, 0) is 20.8 Å². The summed E-state index contributed by atoms with van der Waals surface area (Å²) in [6.07, 6.45) is -1.07. The van der Waals surface area contributed by atoms with Crippen molar-refractivity contribution in [1.29, 1.82) is 0 Å². The van der Waals surface area contributed by atoms with Crippen LogP contribution < -0.4 is 16.0 Å². The average Bonchev–Trinajstić information content (AvgIpc) is 3.18. The Balaban J connectivity index is 1.74. The summed E-state index contributed by atoms with van der Waals surface area (Å²) in [4.78, 5) is 39.7. The van der Waals surface area contributed by atoms with E-state index in [1.54, 1.807) is 14.1 Å². The van der Waals surface area contributed by atoms with Gasteiger partial charge in [-0.1, -0.05) is 0 Å². The van der Waals surface area contributed by atoms with E-state index in [1.807, 2.05) is 4.90 Å². The number of nitrogens with zero attached hydrogens (tertiary/aromatic N) is 2. The van der Waals surface area contributed by atoms with E-state index in [4.69, 9.17) is 0 Å². The molecule has 0 bridgehead atoms. The largest absolute Gasteiger partial charge is 0.389 e. The highest BCUT2D eigenvalue weighted by molar-refractivity contribution is 5.89. The molecule has 9 nitrogen and oxygen atoms in total. The fourth-order valence-corrected chi connectivity index (χ4v) is 4.16. The molecule has 2 aliphatic heterocycles. The summed E-state index contributed by atoms with van der Waals surface area (Å²) < 4.78 is 27.5. The van der Waals surface area contributed by atoms with Crippen LogP contribution in [0.5, 0.6) is 0 Å². The maximum absolute atomic E-state index is 13.7. The molecule has 2 fully saturated rings. The molecule has 0 radical (unpaired) electrons. The predicted molar refractivity (Wildman–Crippen MR) is 116 cm³/mol. The molecule has 33 heavy (non-hydrogen) atoms. The van der Waals surface area contributed by atoms with Gasteiger partial charge in [-0.2, -0.15) is 0 Å². The Kier molecular flexibility index (Phi) is 8.33. The number of rotatable bonds is 8. The minimum absolute atomic E-state index is 0.00943. The van der Waals surface area contributed by atoms with Crippen LogP contribution in [0.15, 0.2) is 18.2 Å². The number of aliphatic hydroxyl groups excluding tert-OH is 1. The lowest BCUT2D eigenvalue weighted by Crippen LogP contribution is -2.62. The molecule has 1 unspecified atom stereocenters. The van der Waals surface area contributed by atoms with Gasteiger partial charge in [-0.15, -0.1) is 0 Å². The predicted octanol–water partition coefficient (Wildman–Crippen LogP) is -1.15. The minimum atomic E-state index is -1.11. The first-order chi connectivity index (χ1) is 15.6. The molecule has 1 aromatic rings. The van der Waals surface area contributed by atoms with Gasteiger partial charge in [0.1, 0.15) is 11.6 Å². The number of hydrogen-bond acceptors (Lipinski definition) is 6. The number of amides is 3. The molecule has 1 aromatic carbocycles. The Bertz CT molecular complexity index is 864. The van der Waals surface area contributed by atoms with Gasteiger partial charge in [-0.25, -0.2) is 8.78 Å². The van der Waals surface area contributed by atoms with E-state index in [1.165, 1.54) is 4.90 Å². The van der Waals surface area contributed by atoms with Gasteiger partial charge in [0.05, 0.1) is 24.6 Å². The van der Waals surface area contributed by atoms with Crippen LogP contribution in [0.1, 0.15) is 12.0 Å². The molecule has 4 N–H and O–H groups in total. The maximum Gasteiger partial charge on any atom is 0.236 e. The smallest absolute Gasteiger partial charge is 0.236 e. The van der Waals surface area contributed by atoms with Crippen molar-refractivity contribution in [1.82, 2.24) is 25.8 Å². The number of benzene rings is 1. The number of halogens is 2. The molecular weight excluding hydrogens is 436 g/mol. The SMILES string of the molecule is CN(C)C(=O)CN1CCN[C@@H]([C@@H](O)[C@H](Cc2cc(F)cc(F)c2)NC(=O)C2CNC(=O)C2)C1. The number of hydrogen-bond donors (Lipinski definition) is 4. The fraction of sp³-hybridized carbons (Fsp3) is 0.591. The summed E-state index contributed by atoms with van der Waals surface area (Å²) in [5.74, 6) is -2.79. The zero-order chi connectivity index (χ0) is 24.1. The van der Waals surface area contributed by atoms with Gasteiger partial charge >= 0.3 is 0 Å². The number of aliphatic hydroxyl groups is 1. The van der Waals surface area contributed by atoms with E-state index in [9.17, 15) is 28.3 Å². The van der Waals surface area contributed by atoms with E-state index in [-0.39, 0.29) is 43.3 Å². The lowest BCUT2D eigenvalue weighted by Gasteiger charge is -2.39. The van der Waals surface area contributed by atoms with Crippen LogP contribution in [0.4, 0.5) is 8.78 Å². The Morgan fingerprint density at radius 3 is 2.58 bits per heavy atom. The third-order valence-corrected chi connectivity index (χ3v) is 6.03. The van der Waals surface area contributed by atoms with E-state index in [2.05, 4.69) is 16.0 Å². The van der Waals surface area contributed by atoms with Gasteiger partial charge in [0.2, 0.25) is 17.7 Å². The minimum Gasteiger partial charge on any atom is -0.389 e. The van der Waals surface area contributed by atoms with Crippen molar-refractivity contribution in [2.24, 2.45) is 5.92 Å². The average molecular weight is 468 g/mol. The maximum atomic E-state index is 13.7. The quantitative estimate of drug-likeness (QED) is 0.384. The summed E-state index contributed by atoms with van der Waals surface area (Å²) in [5.41, 5.74) is 0.285. The molecular formula is C22H31F2N5O4. The Morgan fingerprint density at radius 2 is 1.97 bits per heavy atom. The zero-order valence-corrected chi connectivity index (χ0v) is 18.8. The third kappa shape index (κ3) is 6.92. The van der Waals surface area contributed by atoms with Crippen molar-refractivity contribution in [2.75, 3.05) is 46.8 Å². The van der Waals surface area contributed by atoms with Crippen LogP contribution in [0.2, 0.25) is 0 Å². The molecule has 0 aliphatic carbocycles. The van der Waals surface area contributed by atoms with Gasteiger partial charge in [-0.05, 0) is 24.1 Å². The lowest BCUT2D eigenvalue weighted by atomic mass is 9.94. The van der Waals surface area contributed by atoms with E-state index < -0.39 is 41.6 Å². The van der Waals surface area contributed by atoms with Crippen LogP contribution in [0, 0.1) is 17.6 Å². The molecule has 3 amide bonds. The van der Waals surface area contributed by atoms with Gasteiger partial charge < -0.3 is 26.0 Å². The highest BCUT2D eigenvalue weighted by Crippen LogP contribution is 2.17. The highest BCUT2D eigenvalue weighted by atomic mass is 19.1. The molecule has 2 saturated heterocycles. The lowest BCUT2D eigenvalue weighted by molar-refractivity contribution is -0.130. The second-order valence-electron chi connectivity index (χ2n) is 8.88. The molecule has 3 rings (SSSR count). The van der Waals surface area contributed by atoms with Crippen molar-refractivity contribution < 1.29 is 28.3 Å². The van der Waals surface area contributed by atoms with Crippen molar-refractivity contribution in [2.45, 2.75) is 31.0 Å². The van der Waals surface area contributed by atoms with E-state index in [0.717, 1.165) is 18.2 Å². The number of piperazine rings is 1. The highest BCUT2D eigenvalue weighted by Gasteiger charge is 2.35. The van der Waals surface area contributed by atoms with Crippen molar-refractivity contribution in [3.8, 4) is 0 Å². The topological polar surface area (TPSA) is 114 Å². The number of nitrogens with one attached hydrogen (secondary N) is 3. The zero-order valence-electron chi connectivity index (χ0n) is 18.8. The number of likely N-dealkylation sites (N-methyl/N-ethyl adjacent to an activating group) is 1. The molecule has 0 spiro atoms. The number of carbonyl (C=O) groups excluding carboxylic acids is 3. The van der Waals surface area contributed by atoms with Crippen molar-refractivity contribution in [3.05, 3.63) is 35.4 Å². The second-order valence-corrected chi connectivity index (χ2v) is 8.88. The Hall–Kier alpha value is -2.63. The summed E-state index contributed by atoms with van der Waals surface area (Å²) >= 11 is 0. The normalized spacial score (nSPS) is 23.0. The molecule has 11 heteroatoms. The summed E-state index contributed by atoms with van der Waals surface area (Å²) in [7, 11) is 3.34. The molecule has 2 aliphatic rings. The van der Waals surface area contributed by atoms with Crippen LogP contribution in [0.3, 0.4) is 0 Å². The molecule has 4 atom stereocenters.